The Morgan fingerprint density at radius 2 is 1.82 bits per heavy atom. The third kappa shape index (κ3) is 5.35. The second kappa shape index (κ2) is 9.09. The van der Waals surface area contributed by atoms with Crippen molar-refractivity contribution in [3.8, 4) is 0 Å². The van der Waals surface area contributed by atoms with E-state index in [1.54, 1.807) is 35.8 Å². The van der Waals surface area contributed by atoms with E-state index in [9.17, 15) is 18.0 Å². The number of Topliss-reactive ketones (excluding diaryl/α,β-unsaturated/α-hetero) is 2. The minimum absolute atomic E-state index is 0.0453. The lowest BCUT2D eigenvalue weighted by molar-refractivity contribution is -0.120. The molecule has 0 amide bonds. The molecule has 1 atom stereocenters. The van der Waals surface area contributed by atoms with E-state index >= 15 is 0 Å². The fraction of sp³-hybridized carbons (Fsp3) is 0.476. The van der Waals surface area contributed by atoms with Crippen LogP contribution in [0, 0.1) is 5.92 Å². The number of benzene rings is 1. The molecule has 5 nitrogen and oxygen atoms in total. The Morgan fingerprint density at radius 1 is 1.14 bits per heavy atom. The van der Waals surface area contributed by atoms with Gasteiger partial charge in [0, 0.05) is 36.6 Å². The van der Waals surface area contributed by atoms with Crippen LogP contribution in [0.25, 0.3) is 0 Å². The molecule has 3 rings (SSSR count). The van der Waals surface area contributed by atoms with Crippen LogP contribution in [0.5, 0.6) is 0 Å². The Morgan fingerprint density at radius 3 is 2.39 bits per heavy atom. The first-order chi connectivity index (χ1) is 13.3. The molecule has 2 aromatic rings. The van der Waals surface area contributed by atoms with Crippen LogP contribution >= 0.6 is 11.3 Å². The van der Waals surface area contributed by atoms with Crippen molar-refractivity contribution in [2.75, 3.05) is 6.26 Å². The van der Waals surface area contributed by atoms with Gasteiger partial charge in [0.2, 0.25) is 0 Å². The van der Waals surface area contributed by atoms with Gasteiger partial charge in [-0.15, -0.1) is 11.3 Å². The van der Waals surface area contributed by atoms with Crippen molar-refractivity contribution in [2.45, 2.75) is 55.8 Å². The summed E-state index contributed by atoms with van der Waals surface area (Å²) in [5.74, 6) is 0.165. The maximum Gasteiger partial charge on any atom is 0.191 e. The maximum absolute atomic E-state index is 13.0. The molecule has 1 aliphatic rings. The van der Waals surface area contributed by atoms with E-state index in [-0.39, 0.29) is 35.2 Å². The van der Waals surface area contributed by atoms with Crippen molar-refractivity contribution in [1.82, 2.24) is 4.98 Å². The highest BCUT2D eigenvalue weighted by Crippen LogP contribution is 2.35. The summed E-state index contributed by atoms with van der Waals surface area (Å²) < 4.78 is 23.4. The van der Waals surface area contributed by atoms with Gasteiger partial charge in [0.05, 0.1) is 4.90 Å². The minimum Gasteiger partial charge on any atom is -0.299 e. The Balaban J connectivity index is 1.74. The average molecular weight is 420 g/mol. The lowest BCUT2D eigenvalue weighted by Gasteiger charge is -2.20. The average Bonchev–Trinajstić information content (AvgIpc) is 3.37. The molecule has 1 aliphatic carbocycles. The van der Waals surface area contributed by atoms with Crippen LogP contribution in [0.2, 0.25) is 0 Å². The lowest BCUT2D eigenvalue weighted by Crippen LogP contribution is -2.17. The zero-order valence-electron chi connectivity index (χ0n) is 16.0. The molecule has 1 heterocycles. The Labute approximate surface area is 170 Å². The largest absolute Gasteiger partial charge is 0.299 e. The standard InChI is InChI=1S/C21H25NO4S2/c1-28(25,26)17-8-6-16(7-9-17)18(14-15-4-2-3-5-15)19(23)10-11-20(24)21-22-12-13-27-21/h6-9,12-13,15,18H,2-5,10-11,14H2,1H3. The number of nitrogens with zero attached hydrogens (tertiary/aromatic N) is 1. The highest BCUT2D eigenvalue weighted by molar-refractivity contribution is 7.90. The third-order valence-corrected chi connectivity index (χ3v) is 7.35. The van der Waals surface area contributed by atoms with Gasteiger partial charge in [-0.3, -0.25) is 9.59 Å². The quantitative estimate of drug-likeness (QED) is 0.561. The number of thiazole rings is 1. The van der Waals surface area contributed by atoms with Gasteiger partial charge in [-0.2, -0.15) is 0 Å². The number of ketones is 2. The topological polar surface area (TPSA) is 81.2 Å². The van der Waals surface area contributed by atoms with E-state index in [4.69, 9.17) is 0 Å². The van der Waals surface area contributed by atoms with Crippen LogP contribution < -0.4 is 0 Å². The molecule has 0 spiro atoms. The lowest BCUT2D eigenvalue weighted by atomic mass is 9.83. The van der Waals surface area contributed by atoms with Gasteiger partial charge < -0.3 is 0 Å². The van der Waals surface area contributed by atoms with Gasteiger partial charge in [-0.05, 0) is 30.0 Å². The number of rotatable bonds is 9. The fourth-order valence-electron chi connectivity index (χ4n) is 3.86. The van der Waals surface area contributed by atoms with Crippen LogP contribution in [0.15, 0.2) is 40.7 Å². The highest BCUT2D eigenvalue weighted by Gasteiger charge is 2.27. The summed E-state index contributed by atoms with van der Waals surface area (Å²) in [7, 11) is -3.27. The molecule has 0 radical (unpaired) electrons. The molecule has 1 fully saturated rings. The number of hydrogen-bond donors (Lipinski definition) is 0. The van der Waals surface area contributed by atoms with Gasteiger partial charge in [0.15, 0.2) is 20.6 Å². The van der Waals surface area contributed by atoms with Crippen LogP contribution in [0.4, 0.5) is 0 Å². The molecule has 0 saturated heterocycles. The van der Waals surface area contributed by atoms with Crippen LogP contribution in [0.1, 0.15) is 66.2 Å². The smallest absolute Gasteiger partial charge is 0.191 e. The molecular formula is C21H25NO4S2. The van der Waals surface area contributed by atoms with E-state index in [0.717, 1.165) is 24.8 Å². The molecule has 0 aliphatic heterocycles. The van der Waals surface area contributed by atoms with Crippen molar-refractivity contribution in [3.05, 3.63) is 46.4 Å². The van der Waals surface area contributed by atoms with E-state index in [0.29, 0.717) is 10.9 Å². The highest BCUT2D eigenvalue weighted by atomic mass is 32.2. The number of sulfone groups is 1. The summed E-state index contributed by atoms with van der Waals surface area (Å²) in [6, 6.07) is 6.63. The van der Waals surface area contributed by atoms with Gasteiger partial charge in [0.25, 0.3) is 0 Å². The fourth-order valence-corrected chi connectivity index (χ4v) is 5.10. The van der Waals surface area contributed by atoms with Crippen molar-refractivity contribution < 1.29 is 18.0 Å². The second-order valence-electron chi connectivity index (χ2n) is 7.51. The molecule has 0 N–H and O–H groups in total. The van der Waals surface area contributed by atoms with E-state index in [2.05, 4.69) is 4.98 Å². The van der Waals surface area contributed by atoms with Crippen molar-refractivity contribution in [2.24, 2.45) is 5.92 Å². The molecule has 0 bridgehead atoms. The Hall–Kier alpha value is -1.86. The van der Waals surface area contributed by atoms with Gasteiger partial charge in [-0.25, -0.2) is 13.4 Å². The van der Waals surface area contributed by atoms with E-state index in [1.807, 2.05) is 0 Å². The summed E-state index contributed by atoms with van der Waals surface area (Å²) in [5.41, 5.74) is 0.839. The van der Waals surface area contributed by atoms with Crippen molar-refractivity contribution >= 4 is 32.7 Å². The summed E-state index contributed by atoms with van der Waals surface area (Å²) in [6.07, 6.45) is 8.52. The van der Waals surface area contributed by atoms with Gasteiger partial charge in [0.1, 0.15) is 5.78 Å². The van der Waals surface area contributed by atoms with Crippen molar-refractivity contribution in [3.63, 3.8) is 0 Å². The van der Waals surface area contributed by atoms with E-state index < -0.39 is 9.84 Å². The Kier molecular flexibility index (Phi) is 6.78. The minimum atomic E-state index is -3.27. The predicted octanol–water partition coefficient (Wildman–Crippen LogP) is 4.44. The molecule has 1 aromatic heterocycles. The molecule has 1 saturated carbocycles. The maximum atomic E-state index is 13.0. The van der Waals surface area contributed by atoms with Gasteiger partial charge >= 0.3 is 0 Å². The molecule has 1 unspecified atom stereocenters. The first-order valence-electron chi connectivity index (χ1n) is 9.60. The summed E-state index contributed by atoms with van der Waals surface area (Å²) >= 11 is 1.29. The molecule has 150 valence electrons. The summed E-state index contributed by atoms with van der Waals surface area (Å²) in [5, 5.41) is 2.19. The van der Waals surface area contributed by atoms with E-state index in [1.165, 1.54) is 30.4 Å². The number of aromatic nitrogens is 1. The van der Waals surface area contributed by atoms with Crippen molar-refractivity contribution in [1.29, 1.82) is 0 Å². The first kappa shape index (κ1) is 20.9. The summed E-state index contributed by atoms with van der Waals surface area (Å²) in [6.45, 7) is 0. The molecule has 1 aromatic carbocycles. The Bertz CT molecular complexity index is 912. The number of carbonyl (C=O) groups is 2. The zero-order valence-corrected chi connectivity index (χ0v) is 17.6. The third-order valence-electron chi connectivity index (χ3n) is 5.41. The van der Waals surface area contributed by atoms with Crippen LogP contribution in [-0.4, -0.2) is 31.2 Å². The SMILES string of the molecule is CS(=O)(=O)c1ccc(C(CC2CCCC2)C(=O)CCC(=O)c2nccs2)cc1. The number of carbonyl (C=O) groups excluding carboxylic acids is 2. The monoisotopic (exact) mass is 419 g/mol. The summed E-state index contributed by atoms with van der Waals surface area (Å²) in [4.78, 5) is 29.5. The molecule has 28 heavy (non-hydrogen) atoms. The first-order valence-corrected chi connectivity index (χ1v) is 12.4. The number of hydrogen-bond acceptors (Lipinski definition) is 6. The van der Waals surface area contributed by atoms with Crippen LogP contribution in [0.3, 0.4) is 0 Å². The predicted molar refractivity (Wildman–Crippen MR) is 110 cm³/mol. The van der Waals surface area contributed by atoms with Gasteiger partial charge in [-0.1, -0.05) is 37.8 Å². The second-order valence-corrected chi connectivity index (χ2v) is 10.4. The zero-order chi connectivity index (χ0) is 20.1. The molecule has 7 heteroatoms. The molecular weight excluding hydrogens is 394 g/mol. The van der Waals surface area contributed by atoms with Crippen LogP contribution in [-0.2, 0) is 14.6 Å². The normalized spacial score (nSPS) is 16.2.